The first-order valence-corrected chi connectivity index (χ1v) is 8.32. The van der Waals surface area contributed by atoms with E-state index in [0.29, 0.717) is 58.9 Å². The van der Waals surface area contributed by atoms with Gasteiger partial charge in [-0.1, -0.05) is 0 Å². The topological polar surface area (TPSA) is 85.0 Å². The highest BCUT2D eigenvalue weighted by Crippen LogP contribution is 2.12. The number of hydrogen-bond donors (Lipinski definition) is 2. The number of amides is 1. The normalized spacial score (nSPS) is 23.6. The van der Waals surface area contributed by atoms with Gasteiger partial charge in [0.2, 0.25) is 5.91 Å². The number of carbonyl (C=O) groups is 1. The maximum Gasteiger partial charge on any atom is 0.282 e. The van der Waals surface area contributed by atoms with E-state index in [1.165, 1.54) is 8.61 Å². The SMILES string of the molecule is CNC(=O)CN1CCN(S(=O)(=O)N2CCNCC2)CC1. The van der Waals surface area contributed by atoms with E-state index in [-0.39, 0.29) is 5.91 Å². The summed E-state index contributed by atoms with van der Waals surface area (Å²) in [5.41, 5.74) is 0. The van der Waals surface area contributed by atoms with Crippen molar-refractivity contribution < 1.29 is 13.2 Å². The minimum Gasteiger partial charge on any atom is -0.358 e. The van der Waals surface area contributed by atoms with Crippen LogP contribution in [0.1, 0.15) is 0 Å². The fourth-order valence-corrected chi connectivity index (χ4v) is 4.03. The van der Waals surface area contributed by atoms with Crippen LogP contribution in [0.4, 0.5) is 0 Å². The van der Waals surface area contributed by atoms with Crippen LogP contribution < -0.4 is 10.6 Å². The van der Waals surface area contributed by atoms with Gasteiger partial charge in [-0.25, -0.2) is 0 Å². The number of rotatable bonds is 4. The van der Waals surface area contributed by atoms with E-state index in [9.17, 15) is 13.2 Å². The molecule has 2 N–H and O–H groups in total. The highest BCUT2D eigenvalue weighted by Gasteiger charge is 2.33. The van der Waals surface area contributed by atoms with Gasteiger partial charge >= 0.3 is 0 Å². The van der Waals surface area contributed by atoms with E-state index >= 15 is 0 Å². The van der Waals surface area contributed by atoms with Crippen molar-refractivity contribution in [3.8, 4) is 0 Å². The second-order valence-electron chi connectivity index (χ2n) is 5.01. The number of carbonyl (C=O) groups excluding carboxylic acids is 1. The van der Waals surface area contributed by atoms with Gasteiger partial charge in [-0.05, 0) is 0 Å². The van der Waals surface area contributed by atoms with Crippen molar-refractivity contribution in [1.82, 2.24) is 24.1 Å². The Kier molecular flexibility index (Phi) is 5.33. The highest BCUT2D eigenvalue weighted by molar-refractivity contribution is 7.86. The van der Waals surface area contributed by atoms with Crippen molar-refractivity contribution in [2.45, 2.75) is 0 Å². The van der Waals surface area contributed by atoms with E-state index in [1.807, 2.05) is 4.90 Å². The smallest absolute Gasteiger partial charge is 0.282 e. The van der Waals surface area contributed by atoms with Crippen molar-refractivity contribution in [1.29, 1.82) is 0 Å². The third-order valence-corrected chi connectivity index (χ3v) is 5.74. The summed E-state index contributed by atoms with van der Waals surface area (Å²) < 4.78 is 28.0. The van der Waals surface area contributed by atoms with Crippen LogP contribution in [-0.2, 0) is 15.0 Å². The molecule has 2 saturated heterocycles. The zero-order chi connectivity index (χ0) is 14.6. The molecule has 20 heavy (non-hydrogen) atoms. The molecule has 1 amide bonds. The predicted octanol–water partition coefficient (Wildman–Crippen LogP) is -2.50. The standard InChI is InChI=1S/C11H23N5O3S/c1-12-11(17)10-14-6-8-16(9-7-14)20(18,19)15-4-2-13-3-5-15/h13H,2-10H2,1H3,(H,12,17). The van der Waals surface area contributed by atoms with Gasteiger partial charge in [-0.15, -0.1) is 0 Å². The summed E-state index contributed by atoms with van der Waals surface area (Å²) in [4.78, 5) is 13.3. The molecule has 2 rings (SSSR count). The van der Waals surface area contributed by atoms with E-state index in [2.05, 4.69) is 10.6 Å². The third kappa shape index (κ3) is 3.67. The van der Waals surface area contributed by atoms with Crippen LogP contribution >= 0.6 is 0 Å². The number of nitrogens with zero attached hydrogens (tertiary/aromatic N) is 3. The van der Waals surface area contributed by atoms with Gasteiger partial charge < -0.3 is 10.6 Å². The molecule has 0 atom stereocenters. The molecule has 0 saturated carbocycles. The first kappa shape index (κ1) is 15.6. The van der Waals surface area contributed by atoms with Gasteiger partial charge in [-0.2, -0.15) is 17.0 Å². The number of likely N-dealkylation sites (N-methyl/N-ethyl adjacent to an activating group) is 1. The molecule has 0 aromatic carbocycles. The van der Waals surface area contributed by atoms with Crippen LogP contribution in [0.15, 0.2) is 0 Å². The largest absolute Gasteiger partial charge is 0.358 e. The van der Waals surface area contributed by atoms with Crippen LogP contribution in [0.5, 0.6) is 0 Å². The van der Waals surface area contributed by atoms with E-state index in [1.54, 1.807) is 7.05 Å². The predicted molar refractivity (Wildman–Crippen MR) is 75.4 cm³/mol. The van der Waals surface area contributed by atoms with Crippen molar-refractivity contribution in [3.63, 3.8) is 0 Å². The van der Waals surface area contributed by atoms with Gasteiger partial charge in [0.15, 0.2) is 0 Å². The third-order valence-electron chi connectivity index (χ3n) is 3.71. The Morgan fingerprint density at radius 3 is 2.15 bits per heavy atom. The summed E-state index contributed by atoms with van der Waals surface area (Å²) in [6.45, 7) is 4.88. The molecular weight excluding hydrogens is 282 g/mol. The Labute approximate surface area is 120 Å². The second kappa shape index (κ2) is 6.81. The molecular formula is C11H23N5O3S. The molecule has 2 aliphatic rings. The van der Waals surface area contributed by atoms with E-state index in [0.717, 1.165) is 0 Å². The number of hydrogen-bond acceptors (Lipinski definition) is 5. The first-order valence-electron chi connectivity index (χ1n) is 6.93. The average molecular weight is 305 g/mol. The molecule has 0 unspecified atom stereocenters. The zero-order valence-corrected chi connectivity index (χ0v) is 12.7. The molecule has 0 aromatic heterocycles. The lowest BCUT2D eigenvalue weighted by molar-refractivity contribution is -0.122. The summed E-state index contributed by atoms with van der Waals surface area (Å²) in [6.07, 6.45) is 0. The summed E-state index contributed by atoms with van der Waals surface area (Å²) >= 11 is 0. The Balaban J connectivity index is 1.87. The summed E-state index contributed by atoms with van der Waals surface area (Å²) in [7, 11) is -1.74. The quantitative estimate of drug-likeness (QED) is 0.600. The second-order valence-corrected chi connectivity index (χ2v) is 6.93. The van der Waals surface area contributed by atoms with E-state index < -0.39 is 10.2 Å². The molecule has 8 nitrogen and oxygen atoms in total. The maximum absolute atomic E-state index is 12.5. The van der Waals surface area contributed by atoms with Crippen molar-refractivity contribution in [3.05, 3.63) is 0 Å². The molecule has 0 radical (unpaired) electrons. The number of piperazine rings is 2. The van der Waals surface area contributed by atoms with Gasteiger partial charge in [0.25, 0.3) is 10.2 Å². The summed E-state index contributed by atoms with van der Waals surface area (Å²) in [5.74, 6) is -0.0385. The van der Waals surface area contributed by atoms with Gasteiger partial charge in [0.05, 0.1) is 6.54 Å². The maximum atomic E-state index is 12.5. The molecule has 0 bridgehead atoms. The van der Waals surface area contributed by atoms with Crippen LogP contribution in [0.2, 0.25) is 0 Å². The lowest BCUT2D eigenvalue weighted by atomic mass is 10.3. The lowest BCUT2D eigenvalue weighted by Crippen LogP contribution is -2.57. The van der Waals surface area contributed by atoms with Crippen molar-refractivity contribution in [2.75, 3.05) is 66.0 Å². The summed E-state index contributed by atoms with van der Waals surface area (Å²) in [6, 6.07) is 0. The molecule has 0 spiro atoms. The van der Waals surface area contributed by atoms with Gasteiger partial charge in [-0.3, -0.25) is 9.69 Å². The van der Waals surface area contributed by atoms with Gasteiger partial charge in [0, 0.05) is 59.4 Å². The van der Waals surface area contributed by atoms with Crippen molar-refractivity contribution >= 4 is 16.1 Å². The minimum absolute atomic E-state index is 0.0385. The number of nitrogens with one attached hydrogen (secondary N) is 2. The average Bonchev–Trinajstić information content (AvgIpc) is 2.48. The highest BCUT2D eigenvalue weighted by atomic mass is 32.2. The fourth-order valence-electron chi connectivity index (χ4n) is 2.44. The van der Waals surface area contributed by atoms with Crippen LogP contribution in [0.3, 0.4) is 0 Å². The minimum atomic E-state index is -3.34. The Hall–Kier alpha value is -0.740. The molecule has 2 fully saturated rings. The zero-order valence-electron chi connectivity index (χ0n) is 11.8. The Bertz CT molecular complexity index is 427. The molecule has 2 heterocycles. The molecule has 0 aliphatic carbocycles. The Morgan fingerprint density at radius 1 is 1.05 bits per heavy atom. The summed E-state index contributed by atoms with van der Waals surface area (Å²) in [5, 5.41) is 5.73. The fraction of sp³-hybridized carbons (Fsp3) is 0.909. The van der Waals surface area contributed by atoms with Gasteiger partial charge in [0.1, 0.15) is 0 Å². The Morgan fingerprint density at radius 2 is 1.60 bits per heavy atom. The molecule has 2 aliphatic heterocycles. The lowest BCUT2D eigenvalue weighted by Gasteiger charge is -2.37. The molecule has 116 valence electrons. The van der Waals surface area contributed by atoms with E-state index in [4.69, 9.17) is 0 Å². The van der Waals surface area contributed by atoms with Crippen LogP contribution in [-0.4, -0.2) is 93.8 Å². The van der Waals surface area contributed by atoms with Crippen molar-refractivity contribution in [2.24, 2.45) is 0 Å². The monoisotopic (exact) mass is 305 g/mol. The molecule has 9 heteroatoms. The first-order chi connectivity index (χ1) is 9.54. The van der Waals surface area contributed by atoms with Crippen LogP contribution in [0, 0.1) is 0 Å². The van der Waals surface area contributed by atoms with Crippen LogP contribution in [0.25, 0.3) is 0 Å². The molecule has 0 aromatic rings.